The highest BCUT2D eigenvalue weighted by Gasteiger charge is 2.28. The lowest BCUT2D eigenvalue weighted by molar-refractivity contribution is -0.167. The van der Waals surface area contributed by atoms with Crippen molar-refractivity contribution < 1.29 is 118 Å². The van der Waals surface area contributed by atoms with Gasteiger partial charge >= 0.3 is 47.8 Å². The Morgan fingerprint density at radius 1 is 0.657 bits per heavy atom. The number of nitrogen functional groups attached to an aromatic ring is 1. The Bertz CT molecular complexity index is 4150. The van der Waals surface area contributed by atoms with Crippen molar-refractivity contribution in [2.75, 3.05) is 88.6 Å². The van der Waals surface area contributed by atoms with Crippen LogP contribution in [0.4, 0.5) is 26.1 Å². The SMILES string of the molecule is CC(=O)OCOC(=O)CN(CC(=O)OCOC(C)=O)c1cc2oc(-c3ncc(C(=O)NCCCn4cc(CCC(=O)NCc5ccc(COc6nc(N)nc7[nH]cnc67)cc5)nn4)o3)cc2cc1OCCOc1c(N(CC(=O)OCOC(C)=O)CC(=O)OCOC(C)=O)ccc(F)c1F. The van der Waals surface area contributed by atoms with E-state index in [9.17, 15) is 52.3 Å². The van der Waals surface area contributed by atoms with Gasteiger partial charge in [0.2, 0.25) is 56.5 Å². The van der Waals surface area contributed by atoms with Gasteiger partial charge in [0.15, 0.2) is 28.5 Å². The Balaban J connectivity index is 0.904. The minimum absolute atomic E-state index is 0.0223. The molecule has 0 unspecified atom stereocenters. The fourth-order valence-corrected chi connectivity index (χ4v) is 8.65. The van der Waals surface area contributed by atoms with E-state index in [4.69, 9.17) is 57.2 Å². The zero-order valence-corrected chi connectivity index (χ0v) is 53.2. The lowest BCUT2D eigenvalue weighted by Crippen LogP contribution is -2.37. The van der Waals surface area contributed by atoms with Crippen molar-refractivity contribution in [1.29, 1.82) is 0 Å². The molecule has 38 heteroatoms. The topological polar surface area (TPSA) is 453 Å². The van der Waals surface area contributed by atoms with E-state index in [1.165, 1.54) is 24.5 Å². The first kappa shape index (κ1) is 72.3. The number of hydrogen-bond donors (Lipinski definition) is 4. The predicted molar refractivity (Wildman–Crippen MR) is 328 cm³/mol. The third-order valence-electron chi connectivity index (χ3n) is 13.2. The Labute approximate surface area is 557 Å². The average Bonchev–Trinajstić information content (AvgIpc) is 1.57. The number of aromatic amines is 1. The average molecular weight is 1380 g/mol. The number of esters is 8. The Morgan fingerprint density at radius 2 is 1.25 bits per heavy atom. The van der Waals surface area contributed by atoms with E-state index in [0.717, 1.165) is 60.9 Å². The van der Waals surface area contributed by atoms with Crippen LogP contribution in [0.5, 0.6) is 17.4 Å². The van der Waals surface area contributed by atoms with E-state index in [-0.39, 0.29) is 77.1 Å². The molecule has 0 saturated carbocycles. The standard InChI is InChI=1S/C61H63F2N13O23/c1-34(77)90-30-94-50(82)24-74(25-51(83)95-31-91-35(2)78)43-12-11-42(62)54(63)56(43)88-17-16-87-46-18-40-19-47(98-45(40)20-44(46)75(26-52(84)96-32-92-36(3)79)27-53(85)97-33-93-37(4)80)59-67-22-48(99-59)58(86)65-14-5-15-76-23-41(72-73-76)10-13-49(81)66-21-38-6-8-39(9-7-38)28-89-60-55-57(69-29-68-55)70-61(64)71-60/h6-9,11-12,18-20,22-23,29H,5,10,13-17,21,24-28,30-33H2,1-4H3,(H,65,86)(H,66,81)(H3,64,68,69,70,71). The number of fused-ring (bicyclic) bond motifs is 2. The lowest BCUT2D eigenvalue weighted by Gasteiger charge is -2.26. The van der Waals surface area contributed by atoms with Gasteiger partial charge in [0.05, 0.1) is 29.6 Å². The number of benzene rings is 3. The molecule has 3 aromatic carbocycles. The number of oxazole rings is 1. The predicted octanol–water partition coefficient (Wildman–Crippen LogP) is 3.18. The Kier molecular flexibility index (Phi) is 25.8. The highest BCUT2D eigenvalue weighted by atomic mass is 19.2. The van der Waals surface area contributed by atoms with Crippen LogP contribution in [0.2, 0.25) is 0 Å². The number of nitrogens with zero attached hydrogens (tertiary/aromatic N) is 9. The molecule has 524 valence electrons. The Morgan fingerprint density at radius 3 is 1.87 bits per heavy atom. The van der Waals surface area contributed by atoms with Gasteiger partial charge in [-0.1, -0.05) is 29.5 Å². The van der Waals surface area contributed by atoms with E-state index in [1.54, 1.807) is 10.9 Å². The molecule has 8 rings (SSSR count). The van der Waals surface area contributed by atoms with Crippen LogP contribution < -0.4 is 40.4 Å². The normalized spacial score (nSPS) is 10.8. The van der Waals surface area contributed by atoms with Gasteiger partial charge in [0, 0.05) is 77.8 Å². The first-order valence-corrected chi connectivity index (χ1v) is 29.6. The number of nitrogens with one attached hydrogen (secondary N) is 3. The molecular formula is C61H63F2N13O23. The number of H-pyrrole nitrogens is 1. The van der Waals surface area contributed by atoms with Gasteiger partial charge in [-0.15, -0.1) is 5.10 Å². The van der Waals surface area contributed by atoms with Crippen LogP contribution in [-0.2, 0) is 107 Å². The van der Waals surface area contributed by atoms with Crippen LogP contribution in [0, 0.1) is 11.6 Å². The number of halogens is 2. The molecule has 5 aromatic heterocycles. The smallest absolute Gasteiger partial charge is 0.328 e. The number of carbonyl (C=O) groups excluding carboxylic acids is 10. The van der Waals surface area contributed by atoms with Gasteiger partial charge in [0.1, 0.15) is 57.3 Å². The van der Waals surface area contributed by atoms with Crippen molar-refractivity contribution in [1.82, 2.24) is 50.5 Å². The second kappa shape index (κ2) is 35.3. The summed E-state index contributed by atoms with van der Waals surface area (Å²) < 4.78 is 100. The van der Waals surface area contributed by atoms with Crippen LogP contribution >= 0.6 is 0 Å². The third kappa shape index (κ3) is 22.3. The summed E-state index contributed by atoms with van der Waals surface area (Å²) in [7, 11) is 0. The van der Waals surface area contributed by atoms with Crippen LogP contribution in [-0.4, -0.2) is 173 Å². The number of amides is 2. The summed E-state index contributed by atoms with van der Waals surface area (Å²) >= 11 is 0. The summed E-state index contributed by atoms with van der Waals surface area (Å²) in [4.78, 5) is 145. The molecule has 8 aromatic rings. The third-order valence-corrected chi connectivity index (χ3v) is 13.2. The summed E-state index contributed by atoms with van der Waals surface area (Å²) in [6, 6.07) is 13.2. The lowest BCUT2D eigenvalue weighted by atomic mass is 10.1. The van der Waals surface area contributed by atoms with Crippen molar-refractivity contribution >= 4 is 99.0 Å². The minimum Gasteiger partial charge on any atom is -0.488 e. The highest BCUT2D eigenvalue weighted by molar-refractivity contribution is 5.93. The fraction of sp³-hybridized carbons (Fsp3) is 0.344. The van der Waals surface area contributed by atoms with Crippen molar-refractivity contribution in [3.05, 3.63) is 108 Å². The first-order valence-electron chi connectivity index (χ1n) is 29.6. The molecule has 0 aliphatic rings. The van der Waals surface area contributed by atoms with E-state index < -0.39 is 143 Å². The number of nitrogens with two attached hydrogens (primary N) is 1. The molecular weight excluding hydrogens is 1320 g/mol. The fourth-order valence-electron chi connectivity index (χ4n) is 8.65. The van der Waals surface area contributed by atoms with Gasteiger partial charge in [-0.3, -0.25) is 52.6 Å². The molecule has 5 heterocycles. The summed E-state index contributed by atoms with van der Waals surface area (Å²) in [6.07, 6.45) is 5.18. The van der Waals surface area contributed by atoms with Crippen molar-refractivity contribution in [3.63, 3.8) is 0 Å². The van der Waals surface area contributed by atoms with Gasteiger partial charge in [0.25, 0.3) is 11.8 Å². The molecule has 0 radical (unpaired) electrons. The maximum absolute atomic E-state index is 15.8. The van der Waals surface area contributed by atoms with E-state index in [1.807, 2.05) is 24.3 Å². The molecule has 2 amide bonds. The van der Waals surface area contributed by atoms with Gasteiger partial charge in [-0.05, 0) is 41.8 Å². The number of rotatable bonds is 37. The quantitative estimate of drug-likeness (QED) is 0.0188. The second-order valence-electron chi connectivity index (χ2n) is 20.6. The van der Waals surface area contributed by atoms with Gasteiger partial charge in [-0.2, -0.15) is 14.4 Å². The molecule has 0 fully saturated rings. The van der Waals surface area contributed by atoms with Gasteiger partial charge < -0.3 is 92.1 Å². The Hall–Kier alpha value is -12.5. The maximum atomic E-state index is 15.8. The van der Waals surface area contributed by atoms with Crippen molar-refractivity contribution in [2.24, 2.45) is 0 Å². The number of furan rings is 1. The molecule has 5 N–H and O–H groups in total. The van der Waals surface area contributed by atoms with E-state index in [0.29, 0.717) is 48.9 Å². The summed E-state index contributed by atoms with van der Waals surface area (Å²) in [5, 5.41) is 14.2. The van der Waals surface area contributed by atoms with Crippen LogP contribution in [0.3, 0.4) is 0 Å². The number of hydrogen-bond acceptors (Lipinski definition) is 32. The summed E-state index contributed by atoms with van der Waals surface area (Å²) in [5.41, 5.74) is 8.46. The molecule has 0 atom stereocenters. The number of ether oxygens (including phenoxy) is 11. The molecule has 0 saturated heterocycles. The van der Waals surface area contributed by atoms with Crippen LogP contribution in [0.1, 0.15) is 67.9 Å². The number of aryl methyl sites for hydroxylation is 2. The number of aromatic nitrogens is 8. The summed E-state index contributed by atoms with van der Waals surface area (Å²) in [5.74, 6) is -12.7. The zero-order chi connectivity index (χ0) is 71.0. The van der Waals surface area contributed by atoms with Crippen LogP contribution in [0.25, 0.3) is 33.8 Å². The molecule has 99 heavy (non-hydrogen) atoms. The monoisotopic (exact) mass is 1380 g/mol. The second-order valence-corrected chi connectivity index (χ2v) is 20.6. The zero-order valence-electron chi connectivity index (χ0n) is 53.2. The van der Waals surface area contributed by atoms with E-state index in [2.05, 4.69) is 55.3 Å². The van der Waals surface area contributed by atoms with Gasteiger partial charge in [-0.25, -0.2) is 14.4 Å². The largest absolute Gasteiger partial charge is 0.488 e. The van der Waals surface area contributed by atoms with Crippen molar-refractivity contribution in [2.45, 2.75) is 66.7 Å². The number of carbonyl (C=O) groups is 10. The highest BCUT2D eigenvalue weighted by Crippen LogP contribution is 2.38. The molecule has 36 nitrogen and oxygen atoms in total. The number of anilines is 3. The first-order chi connectivity index (χ1) is 47.5. The summed E-state index contributed by atoms with van der Waals surface area (Å²) in [6.45, 7) is -2.77. The van der Waals surface area contributed by atoms with Crippen molar-refractivity contribution in [3.8, 4) is 29.0 Å². The number of imidazole rings is 1. The minimum atomic E-state index is -1.61. The van der Waals surface area contributed by atoms with Crippen LogP contribution in [0.15, 0.2) is 82.2 Å². The molecule has 0 spiro atoms. The molecule has 0 aliphatic heterocycles. The molecule has 0 bridgehead atoms. The molecule has 0 aliphatic carbocycles. The van der Waals surface area contributed by atoms with E-state index >= 15 is 4.39 Å². The maximum Gasteiger partial charge on any atom is 0.328 e.